The van der Waals surface area contributed by atoms with Crippen molar-refractivity contribution in [3.05, 3.63) is 69.2 Å². The van der Waals surface area contributed by atoms with Gasteiger partial charge in [0.05, 0.1) is 35.4 Å². The summed E-state index contributed by atoms with van der Waals surface area (Å²) in [6.07, 6.45) is 4.92. The van der Waals surface area contributed by atoms with Gasteiger partial charge in [0.1, 0.15) is 29.8 Å². The Labute approximate surface area is 308 Å². The summed E-state index contributed by atoms with van der Waals surface area (Å²) in [5, 5.41) is 17.5. The fourth-order valence-corrected chi connectivity index (χ4v) is 7.12. The zero-order chi connectivity index (χ0) is 38.4. The first-order chi connectivity index (χ1) is 25.3. The molecule has 284 valence electrons. The molecule has 2 atom stereocenters. The third-order valence-electron chi connectivity index (χ3n) is 10.1. The van der Waals surface area contributed by atoms with Crippen LogP contribution in [0.1, 0.15) is 94.4 Å². The maximum absolute atomic E-state index is 13.7. The van der Waals surface area contributed by atoms with Crippen LogP contribution in [0.2, 0.25) is 0 Å². The van der Waals surface area contributed by atoms with Gasteiger partial charge in [0.25, 0.3) is 5.56 Å². The van der Waals surface area contributed by atoms with Gasteiger partial charge in [-0.15, -0.1) is 0 Å². The Bertz CT molecular complexity index is 1990. The molecule has 0 aliphatic carbocycles. The molecule has 4 amide bonds. The lowest BCUT2D eigenvalue weighted by Gasteiger charge is -2.35. The van der Waals surface area contributed by atoms with Crippen LogP contribution in [-0.4, -0.2) is 69.6 Å². The van der Waals surface area contributed by atoms with Crippen LogP contribution in [0.3, 0.4) is 0 Å². The molecule has 0 spiro atoms. The topological polar surface area (TPSA) is 195 Å². The normalized spacial score (nSPS) is 16.2. The van der Waals surface area contributed by atoms with Crippen LogP contribution in [0, 0.1) is 0 Å². The minimum absolute atomic E-state index is 0.0324. The Hall–Kier alpha value is -5.24. The number of hydrogen-bond donors (Lipinski definition) is 4. The third-order valence-corrected chi connectivity index (χ3v) is 10.1. The van der Waals surface area contributed by atoms with E-state index in [1.54, 1.807) is 22.8 Å². The zero-order valence-corrected chi connectivity index (χ0v) is 31.0. The second kappa shape index (κ2) is 16.6. The summed E-state index contributed by atoms with van der Waals surface area (Å²) in [5.74, 6) is -1.04. The average Bonchev–Trinajstić information content (AvgIpc) is 3.49. The fourth-order valence-electron chi connectivity index (χ4n) is 7.12. The summed E-state index contributed by atoms with van der Waals surface area (Å²) < 4.78 is 12.9. The Morgan fingerprint density at radius 3 is 2.58 bits per heavy atom. The molecule has 2 aromatic heterocycles. The number of carbonyl (C=O) groups excluding carboxylic acids is 4. The monoisotopic (exact) mass is 730 g/mol. The Morgan fingerprint density at radius 2 is 1.89 bits per heavy atom. The van der Waals surface area contributed by atoms with Crippen LogP contribution in [-0.2, 0) is 44.3 Å². The van der Waals surface area contributed by atoms with Crippen LogP contribution in [0.15, 0.2) is 41.4 Å². The fraction of sp³-hybridized carbons (Fsp3) is 0.487. The number of aromatic nitrogens is 2. The van der Waals surface area contributed by atoms with Crippen LogP contribution in [0.5, 0.6) is 5.75 Å². The number of aryl methyl sites for hydroxylation is 1. The molecule has 4 heterocycles. The van der Waals surface area contributed by atoms with E-state index < -0.39 is 29.6 Å². The van der Waals surface area contributed by atoms with Gasteiger partial charge in [0.15, 0.2) is 0 Å². The number of carbonyl (C=O) groups is 4. The molecule has 0 fully saturated rings. The average molecular weight is 731 g/mol. The molecule has 1 aromatic carbocycles. The predicted molar refractivity (Wildman–Crippen MR) is 199 cm³/mol. The number of rotatable bonds is 16. The first-order valence-electron chi connectivity index (χ1n) is 18.4. The van der Waals surface area contributed by atoms with E-state index in [0.29, 0.717) is 53.8 Å². The van der Waals surface area contributed by atoms with Gasteiger partial charge in [0, 0.05) is 43.1 Å². The van der Waals surface area contributed by atoms with Crippen molar-refractivity contribution in [2.45, 2.75) is 103 Å². The van der Waals surface area contributed by atoms with Gasteiger partial charge in [-0.3, -0.25) is 19.2 Å². The molecule has 5 rings (SSSR count). The number of nitrogens with two attached hydrogens (primary N) is 1. The Kier molecular flexibility index (Phi) is 12.2. The van der Waals surface area contributed by atoms with Gasteiger partial charge in [-0.1, -0.05) is 53.0 Å². The highest BCUT2D eigenvalue weighted by Crippen LogP contribution is 2.43. The van der Waals surface area contributed by atoms with E-state index in [2.05, 4.69) is 24.1 Å². The molecule has 0 saturated heterocycles. The number of primary amides is 1. The molecule has 0 radical (unpaired) electrons. The Balaban J connectivity index is 1.24. The van der Waals surface area contributed by atoms with Gasteiger partial charge >= 0.3 is 6.09 Å². The van der Waals surface area contributed by atoms with Crippen LogP contribution in [0.4, 0.5) is 4.79 Å². The number of fused-ring (bicyclic) bond motifs is 5. The maximum Gasteiger partial charge on any atom is 0.412 e. The van der Waals surface area contributed by atoms with Crippen molar-refractivity contribution in [2.24, 2.45) is 5.73 Å². The van der Waals surface area contributed by atoms with Gasteiger partial charge in [-0.05, 0) is 49.1 Å². The first kappa shape index (κ1) is 39.0. The van der Waals surface area contributed by atoms with E-state index in [4.69, 9.17) is 20.2 Å². The van der Waals surface area contributed by atoms with Crippen LogP contribution >= 0.6 is 0 Å². The van der Waals surface area contributed by atoms with E-state index in [1.807, 2.05) is 19.9 Å². The number of unbranched alkanes of at least 4 members (excludes halogenated alkanes) is 4. The lowest BCUT2D eigenvalue weighted by Crippen LogP contribution is -2.50. The van der Waals surface area contributed by atoms with Crippen molar-refractivity contribution in [2.75, 3.05) is 20.1 Å². The number of ether oxygens (including phenoxy) is 2. The SMILES string of the molecule is C=C1OCc2c(cc3n(c2=O)Cc2c-3nc3ccc(OC(=O)NCCN(C)C(=O)[C@@H](CC(N)=O)NC(=O)CCCCCCC)cc3c2CC)[C@@]1(O)CC. The van der Waals surface area contributed by atoms with Crippen molar-refractivity contribution in [3.8, 4) is 17.1 Å². The molecule has 53 heavy (non-hydrogen) atoms. The van der Waals surface area contributed by atoms with Crippen molar-refractivity contribution in [3.63, 3.8) is 0 Å². The molecule has 14 nitrogen and oxygen atoms in total. The highest BCUT2D eigenvalue weighted by molar-refractivity contribution is 5.92. The first-order valence-corrected chi connectivity index (χ1v) is 18.4. The molecule has 3 aromatic rings. The van der Waals surface area contributed by atoms with E-state index >= 15 is 0 Å². The standard InChI is InChI=1S/C39H50N6O8/c1-6-9-10-11-12-13-34(47)42-31(20-33(40)46)37(49)44(5)17-16-41-38(50)53-24-14-15-30-26(18-24)25(7-2)27-21-45-32(35(27)43-30)19-29-28(36(45)48)22-52-23(4)39(29,51)8-3/h14-15,18-19,31,51H,4,6-13,16-17,20-22H2,1-3,5H3,(H2,40,46)(H,41,50)(H,42,47)/t31-,39-/m1/s1. The van der Waals surface area contributed by atoms with Crippen molar-refractivity contribution in [1.29, 1.82) is 0 Å². The summed E-state index contributed by atoms with van der Waals surface area (Å²) in [6, 6.07) is 5.85. The maximum atomic E-state index is 13.7. The molecular formula is C39H50N6O8. The van der Waals surface area contributed by atoms with Crippen LogP contribution in [0.25, 0.3) is 22.3 Å². The molecule has 0 saturated carbocycles. The summed E-state index contributed by atoms with van der Waals surface area (Å²) in [7, 11) is 1.51. The van der Waals surface area contributed by atoms with Gasteiger partial charge in [-0.2, -0.15) is 0 Å². The molecule has 0 unspecified atom stereocenters. The largest absolute Gasteiger partial charge is 0.490 e. The van der Waals surface area contributed by atoms with Gasteiger partial charge in [-0.25, -0.2) is 9.78 Å². The second-order valence-corrected chi connectivity index (χ2v) is 13.7. The number of likely N-dealkylation sites (N-methyl/N-ethyl adjacent to an activating group) is 1. The molecule has 0 bridgehead atoms. The minimum Gasteiger partial charge on any atom is -0.490 e. The summed E-state index contributed by atoms with van der Waals surface area (Å²) in [6.45, 7) is 10.3. The molecule has 14 heteroatoms. The predicted octanol–water partition coefficient (Wildman–Crippen LogP) is 3.90. The molecule has 5 N–H and O–H groups in total. The van der Waals surface area contributed by atoms with Crippen molar-refractivity contribution in [1.82, 2.24) is 25.1 Å². The molecule has 2 aliphatic heterocycles. The van der Waals surface area contributed by atoms with Gasteiger partial charge in [0.2, 0.25) is 17.7 Å². The number of hydrogen-bond acceptors (Lipinski definition) is 9. The number of nitrogens with zero attached hydrogens (tertiary/aromatic N) is 3. The van der Waals surface area contributed by atoms with Crippen LogP contribution < -0.4 is 26.7 Å². The summed E-state index contributed by atoms with van der Waals surface area (Å²) in [4.78, 5) is 69.9. The number of aliphatic hydroxyl groups is 1. The van der Waals surface area contributed by atoms with E-state index in [0.717, 1.165) is 42.2 Å². The second-order valence-electron chi connectivity index (χ2n) is 13.7. The quantitative estimate of drug-likeness (QED) is 0.124. The smallest absolute Gasteiger partial charge is 0.412 e. The zero-order valence-electron chi connectivity index (χ0n) is 31.0. The number of pyridine rings is 2. The summed E-state index contributed by atoms with van der Waals surface area (Å²) >= 11 is 0. The number of benzene rings is 1. The third kappa shape index (κ3) is 8.22. The summed E-state index contributed by atoms with van der Waals surface area (Å²) in [5.41, 5.74) is 8.30. The van der Waals surface area contributed by atoms with E-state index in [-0.39, 0.29) is 55.5 Å². The van der Waals surface area contributed by atoms with E-state index in [1.165, 1.54) is 11.9 Å². The van der Waals surface area contributed by atoms with Gasteiger partial charge < -0.3 is 40.4 Å². The van der Waals surface area contributed by atoms with E-state index in [9.17, 15) is 29.1 Å². The number of nitrogens with one attached hydrogen (secondary N) is 2. The van der Waals surface area contributed by atoms with Crippen molar-refractivity contribution >= 4 is 34.7 Å². The number of amides is 4. The lowest BCUT2D eigenvalue weighted by atomic mass is 9.84. The Morgan fingerprint density at radius 1 is 1.13 bits per heavy atom. The molecular weight excluding hydrogens is 680 g/mol. The molecule has 2 aliphatic rings. The lowest BCUT2D eigenvalue weighted by molar-refractivity contribution is -0.137. The highest BCUT2D eigenvalue weighted by Gasteiger charge is 2.41. The highest BCUT2D eigenvalue weighted by atomic mass is 16.6. The van der Waals surface area contributed by atoms with Crippen molar-refractivity contribution < 1.29 is 33.8 Å². The minimum atomic E-state index is -1.48.